The van der Waals surface area contributed by atoms with Gasteiger partial charge in [0.2, 0.25) is 5.91 Å². The molecule has 1 fully saturated rings. The Kier molecular flexibility index (Phi) is 5.51. The molecule has 3 aromatic rings. The van der Waals surface area contributed by atoms with Crippen LogP contribution >= 0.6 is 0 Å². The molecule has 1 aromatic heterocycles. The van der Waals surface area contributed by atoms with Gasteiger partial charge in [0.25, 0.3) is 0 Å². The van der Waals surface area contributed by atoms with Crippen molar-refractivity contribution in [1.29, 1.82) is 0 Å². The van der Waals surface area contributed by atoms with E-state index in [4.69, 9.17) is 0 Å². The maximum atomic E-state index is 13.3. The molecule has 148 valence electrons. The van der Waals surface area contributed by atoms with Crippen LogP contribution in [0.15, 0.2) is 60.7 Å². The maximum Gasteiger partial charge on any atom is 0.229 e. The third kappa shape index (κ3) is 4.42. The van der Waals surface area contributed by atoms with Gasteiger partial charge >= 0.3 is 0 Å². The van der Waals surface area contributed by atoms with Crippen molar-refractivity contribution in [2.75, 3.05) is 23.3 Å². The van der Waals surface area contributed by atoms with Crippen molar-refractivity contribution in [3.63, 3.8) is 0 Å². The van der Waals surface area contributed by atoms with Crippen LogP contribution in [0.2, 0.25) is 0 Å². The Hall–Kier alpha value is -3.28. The van der Waals surface area contributed by atoms with Crippen LogP contribution in [0.1, 0.15) is 18.4 Å². The molecule has 1 N–H and O–H groups in total. The van der Waals surface area contributed by atoms with Crippen LogP contribution < -0.4 is 10.2 Å². The molecule has 0 radical (unpaired) electrons. The van der Waals surface area contributed by atoms with Gasteiger partial charge in [0.1, 0.15) is 5.82 Å². The van der Waals surface area contributed by atoms with E-state index < -0.39 is 0 Å². The lowest BCUT2D eigenvalue weighted by atomic mass is 9.97. The standard InChI is InChI=1S/C23H23FN4O/c1-16-6-2-3-10-20(16)21-11-12-22(27-26-21)28-13-5-7-17(15-28)23(29)25-19-9-4-8-18(24)14-19/h2-4,6,8-12,14,17H,5,7,13,15H2,1H3,(H,25,29). The van der Waals surface area contributed by atoms with Crippen molar-refractivity contribution in [3.05, 3.63) is 72.0 Å². The molecule has 1 saturated heterocycles. The summed E-state index contributed by atoms with van der Waals surface area (Å²) in [6.45, 7) is 3.46. The summed E-state index contributed by atoms with van der Waals surface area (Å²) in [5, 5.41) is 11.6. The van der Waals surface area contributed by atoms with Crippen molar-refractivity contribution in [2.45, 2.75) is 19.8 Å². The first kappa shape index (κ1) is 19.1. The fraction of sp³-hybridized carbons (Fsp3) is 0.261. The van der Waals surface area contributed by atoms with Gasteiger partial charge in [-0.1, -0.05) is 30.3 Å². The van der Waals surface area contributed by atoms with Crippen molar-refractivity contribution >= 4 is 17.4 Å². The van der Waals surface area contributed by atoms with E-state index in [2.05, 4.69) is 33.4 Å². The Labute approximate surface area is 169 Å². The highest BCUT2D eigenvalue weighted by molar-refractivity contribution is 5.93. The number of aromatic nitrogens is 2. The molecule has 1 aliphatic heterocycles. The minimum atomic E-state index is -0.364. The summed E-state index contributed by atoms with van der Waals surface area (Å²) in [7, 11) is 0. The Morgan fingerprint density at radius 3 is 2.72 bits per heavy atom. The van der Waals surface area contributed by atoms with Crippen LogP contribution in [0.25, 0.3) is 11.3 Å². The molecule has 0 bridgehead atoms. The molecule has 1 aliphatic rings. The van der Waals surface area contributed by atoms with Gasteiger partial charge in [-0.15, -0.1) is 10.2 Å². The number of nitrogens with zero attached hydrogens (tertiary/aromatic N) is 3. The average Bonchev–Trinajstić information content (AvgIpc) is 2.74. The van der Waals surface area contributed by atoms with E-state index in [1.165, 1.54) is 12.1 Å². The Bertz CT molecular complexity index is 1010. The van der Waals surface area contributed by atoms with Gasteiger partial charge in [-0.3, -0.25) is 4.79 Å². The summed E-state index contributed by atoms with van der Waals surface area (Å²) < 4.78 is 13.3. The molecule has 1 amide bonds. The zero-order chi connectivity index (χ0) is 20.2. The molecular weight excluding hydrogens is 367 g/mol. The Morgan fingerprint density at radius 2 is 1.97 bits per heavy atom. The zero-order valence-corrected chi connectivity index (χ0v) is 16.3. The van der Waals surface area contributed by atoms with Crippen LogP contribution in [0.4, 0.5) is 15.9 Å². The molecule has 29 heavy (non-hydrogen) atoms. The Balaban J connectivity index is 1.44. The number of carbonyl (C=O) groups is 1. The number of benzene rings is 2. The zero-order valence-electron chi connectivity index (χ0n) is 16.3. The van der Waals surface area contributed by atoms with Crippen LogP contribution in [-0.2, 0) is 4.79 Å². The molecular formula is C23H23FN4O. The molecule has 6 heteroatoms. The van der Waals surface area contributed by atoms with E-state index in [-0.39, 0.29) is 17.6 Å². The normalized spacial score (nSPS) is 16.5. The largest absolute Gasteiger partial charge is 0.354 e. The summed E-state index contributed by atoms with van der Waals surface area (Å²) in [6.07, 6.45) is 1.69. The van der Waals surface area contributed by atoms with E-state index in [0.717, 1.165) is 42.0 Å². The van der Waals surface area contributed by atoms with Crippen LogP contribution in [0.5, 0.6) is 0 Å². The number of carbonyl (C=O) groups excluding carboxylic acids is 1. The first-order valence-electron chi connectivity index (χ1n) is 9.81. The van der Waals surface area contributed by atoms with Gasteiger partial charge in [0.15, 0.2) is 5.82 Å². The second kappa shape index (κ2) is 8.39. The summed E-state index contributed by atoms with van der Waals surface area (Å²) in [6, 6.07) is 18.0. The van der Waals surface area contributed by atoms with Crippen molar-refractivity contribution in [2.24, 2.45) is 5.92 Å². The summed E-state index contributed by atoms with van der Waals surface area (Å²) in [4.78, 5) is 14.7. The lowest BCUT2D eigenvalue weighted by Crippen LogP contribution is -2.41. The highest BCUT2D eigenvalue weighted by Crippen LogP contribution is 2.25. The lowest BCUT2D eigenvalue weighted by molar-refractivity contribution is -0.120. The summed E-state index contributed by atoms with van der Waals surface area (Å²) >= 11 is 0. The predicted molar refractivity (Wildman–Crippen MR) is 112 cm³/mol. The number of hydrogen-bond donors (Lipinski definition) is 1. The van der Waals surface area contributed by atoms with Gasteiger partial charge in [-0.2, -0.15) is 0 Å². The first-order valence-corrected chi connectivity index (χ1v) is 9.81. The minimum Gasteiger partial charge on any atom is -0.354 e. The van der Waals surface area contributed by atoms with E-state index in [1.807, 2.05) is 30.3 Å². The summed E-state index contributed by atoms with van der Waals surface area (Å²) in [5.74, 6) is 0.136. The number of hydrogen-bond acceptors (Lipinski definition) is 4. The first-order chi connectivity index (χ1) is 14.1. The molecule has 2 heterocycles. The smallest absolute Gasteiger partial charge is 0.229 e. The summed E-state index contributed by atoms with van der Waals surface area (Å²) in [5.41, 5.74) is 3.54. The van der Waals surface area contributed by atoms with Gasteiger partial charge in [-0.25, -0.2) is 4.39 Å². The number of anilines is 2. The average molecular weight is 390 g/mol. The molecule has 2 aromatic carbocycles. The number of halogens is 1. The fourth-order valence-electron chi connectivity index (χ4n) is 3.71. The van der Waals surface area contributed by atoms with Gasteiger partial charge < -0.3 is 10.2 Å². The molecule has 1 atom stereocenters. The monoisotopic (exact) mass is 390 g/mol. The molecule has 0 aliphatic carbocycles. The van der Waals surface area contributed by atoms with Crippen LogP contribution in [0.3, 0.4) is 0 Å². The molecule has 1 unspecified atom stereocenters. The van der Waals surface area contributed by atoms with Crippen molar-refractivity contribution < 1.29 is 9.18 Å². The number of amides is 1. The second-order valence-corrected chi connectivity index (χ2v) is 7.38. The number of nitrogens with one attached hydrogen (secondary N) is 1. The second-order valence-electron chi connectivity index (χ2n) is 7.38. The van der Waals surface area contributed by atoms with Crippen LogP contribution in [0, 0.1) is 18.7 Å². The molecule has 0 saturated carbocycles. The molecule has 4 rings (SSSR count). The SMILES string of the molecule is Cc1ccccc1-c1ccc(N2CCCC(C(=O)Nc3cccc(F)c3)C2)nn1. The highest BCUT2D eigenvalue weighted by Gasteiger charge is 2.27. The number of aryl methyl sites for hydroxylation is 1. The highest BCUT2D eigenvalue weighted by atomic mass is 19.1. The van der Waals surface area contributed by atoms with Crippen molar-refractivity contribution in [3.8, 4) is 11.3 Å². The van der Waals surface area contributed by atoms with E-state index in [0.29, 0.717) is 12.2 Å². The fourth-order valence-corrected chi connectivity index (χ4v) is 3.71. The number of piperidine rings is 1. The van der Waals surface area contributed by atoms with Crippen molar-refractivity contribution in [1.82, 2.24) is 10.2 Å². The van der Waals surface area contributed by atoms with Gasteiger partial charge in [-0.05, 0) is 55.7 Å². The van der Waals surface area contributed by atoms with Gasteiger partial charge in [0, 0.05) is 24.3 Å². The minimum absolute atomic E-state index is 0.0928. The third-order valence-electron chi connectivity index (χ3n) is 5.28. The predicted octanol–water partition coefficient (Wildman–Crippen LogP) is 4.45. The van der Waals surface area contributed by atoms with E-state index in [9.17, 15) is 9.18 Å². The Morgan fingerprint density at radius 1 is 1.10 bits per heavy atom. The molecule has 0 spiro atoms. The van der Waals surface area contributed by atoms with E-state index in [1.54, 1.807) is 12.1 Å². The lowest BCUT2D eigenvalue weighted by Gasteiger charge is -2.32. The third-order valence-corrected chi connectivity index (χ3v) is 5.28. The van der Waals surface area contributed by atoms with Gasteiger partial charge in [0.05, 0.1) is 11.6 Å². The van der Waals surface area contributed by atoms with E-state index >= 15 is 0 Å². The molecule has 5 nitrogen and oxygen atoms in total. The number of rotatable bonds is 4. The van der Waals surface area contributed by atoms with Crippen LogP contribution in [-0.4, -0.2) is 29.2 Å². The quantitative estimate of drug-likeness (QED) is 0.715. The topological polar surface area (TPSA) is 58.1 Å². The maximum absolute atomic E-state index is 13.3.